The van der Waals surface area contributed by atoms with E-state index in [4.69, 9.17) is 16.6 Å². The molecule has 0 saturated heterocycles. The second-order valence-corrected chi connectivity index (χ2v) is 8.45. The molecule has 0 saturated carbocycles. The minimum absolute atomic E-state index is 0.110. The van der Waals surface area contributed by atoms with E-state index in [1.165, 1.54) is 11.1 Å². The number of halogens is 1. The fourth-order valence-corrected chi connectivity index (χ4v) is 4.30. The first-order valence-electron chi connectivity index (χ1n) is 9.73. The van der Waals surface area contributed by atoms with Gasteiger partial charge in [-0.05, 0) is 41.3 Å². The summed E-state index contributed by atoms with van der Waals surface area (Å²) < 4.78 is 0. The Morgan fingerprint density at radius 3 is 2.60 bits per heavy atom. The lowest BCUT2D eigenvalue weighted by Crippen LogP contribution is -2.04. The molecule has 0 spiro atoms. The fourth-order valence-electron chi connectivity index (χ4n) is 3.29. The summed E-state index contributed by atoms with van der Waals surface area (Å²) in [4.78, 5) is 21.6. The molecule has 4 aromatic rings. The number of pyridine rings is 1. The molecule has 0 radical (unpaired) electrons. The van der Waals surface area contributed by atoms with Gasteiger partial charge in [0.25, 0.3) is 0 Å². The maximum atomic E-state index is 12.7. The molecule has 2 heterocycles. The largest absolute Gasteiger partial charge is 0.294 e. The van der Waals surface area contributed by atoms with Crippen molar-refractivity contribution in [1.82, 2.24) is 9.97 Å². The topological polar surface area (TPSA) is 42.9 Å². The molecule has 2 aromatic carbocycles. The van der Waals surface area contributed by atoms with Crippen molar-refractivity contribution in [2.75, 3.05) is 0 Å². The number of alkyl halides is 1. The number of nitrogens with zero attached hydrogens (tertiary/aromatic N) is 2. The number of carbonyl (C=O) groups is 1. The van der Waals surface area contributed by atoms with E-state index in [1.807, 2.05) is 48.7 Å². The number of ketones is 1. The first kappa shape index (κ1) is 20.5. The van der Waals surface area contributed by atoms with E-state index in [9.17, 15) is 4.79 Å². The zero-order valence-electron chi connectivity index (χ0n) is 16.6. The molecule has 0 aliphatic heterocycles. The number of hydrogen-bond donors (Lipinski definition) is 0. The summed E-state index contributed by atoms with van der Waals surface area (Å²) >= 11 is 7.48. The van der Waals surface area contributed by atoms with Gasteiger partial charge in [0.05, 0.1) is 10.7 Å². The van der Waals surface area contributed by atoms with Gasteiger partial charge in [0.1, 0.15) is 0 Å². The van der Waals surface area contributed by atoms with Crippen LogP contribution in [-0.4, -0.2) is 15.8 Å². The molecule has 0 unspecified atom stereocenters. The highest BCUT2D eigenvalue weighted by atomic mass is 35.5. The summed E-state index contributed by atoms with van der Waals surface area (Å²) in [6.45, 7) is 2.10. The highest BCUT2D eigenvalue weighted by molar-refractivity contribution is 7.10. The van der Waals surface area contributed by atoms with Crippen LogP contribution in [0.5, 0.6) is 0 Å². The van der Waals surface area contributed by atoms with Gasteiger partial charge in [-0.25, -0.2) is 4.98 Å². The molecule has 0 aliphatic rings. The standard InChI is InChI=1S/C25H21ClN2OS/c1-17-4-5-19(12-24(29)20-8-6-18(14-26)7-9-20)11-22(17)13-25-28-23(16-30-25)21-3-2-10-27-15-21/h2-11,15-16H,12-14H2,1H3. The molecular formula is C25H21ClN2OS. The molecule has 150 valence electrons. The van der Waals surface area contributed by atoms with Gasteiger partial charge in [-0.1, -0.05) is 42.5 Å². The van der Waals surface area contributed by atoms with Crippen LogP contribution >= 0.6 is 22.9 Å². The van der Waals surface area contributed by atoms with Crippen molar-refractivity contribution < 1.29 is 4.79 Å². The summed E-state index contributed by atoms with van der Waals surface area (Å²) in [6, 6.07) is 17.7. The van der Waals surface area contributed by atoms with Crippen molar-refractivity contribution in [2.24, 2.45) is 0 Å². The quantitative estimate of drug-likeness (QED) is 0.255. The molecular weight excluding hydrogens is 412 g/mol. The van der Waals surface area contributed by atoms with E-state index >= 15 is 0 Å². The second-order valence-electron chi connectivity index (χ2n) is 7.24. The highest BCUT2D eigenvalue weighted by Crippen LogP contribution is 2.24. The maximum Gasteiger partial charge on any atom is 0.167 e. The van der Waals surface area contributed by atoms with Gasteiger partial charge < -0.3 is 0 Å². The van der Waals surface area contributed by atoms with E-state index in [0.717, 1.165) is 33.8 Å². The molecule has 2 aromatic heterocycles. The van der Waals surface area contributed by atoms with Gasteiger partial charge in [-0.3, -0.25) is 9.78 Å². The van der Waals surface area contributed by atoms with Crippen molar-refractivity contribution >= 4 is 28.7 Å². The van der Waals surface area contributed by atoms with Gasteiger partial charge >= 0.3 is 0 Å². The van der Waals surface area contributed by atoms with Crippen LogP contribution in [-0.2, 0) is 18.7 Å². The van der Waals surface area contributed by atoms with Gasteiger partial charge in [0, 0.05) is 47.6 Å². The fraction of sp³-hybridized carbons (Fsp3) is 0.160. The summed E-state index contributed by atoms with van der Waals surface area (Å²) in [5.41, 5.74) is 7.13. The minimum atomic E-state index is 0.110. The molecule has 0 atom stereocenters. The SMILES string of the molecule is Cc1ccc(CC(=O)c2ccc(CCl)cc2)cc1Cc1nc(-c2cccnc2)cs1. The Morgan fingerprint density at radius 1 is 1.07 bits per heavy atom. The van der Waals surface area contributed by atoms with Gasteiger partial charge in [-0.15, -0.1) is 22.9 Å². The molecule has 3 nitrogen and oxygen atoms in total. The third-order valence-corrected chi connectivity index (χ3v) is 6.22. The Hall–Kier alpha value is -2.82. The second kappa shape index (κ2) is 9.33. The van der Waals surface area contributed by atoms with Crippen molar-refractivity contribution in [3.63, 3.8) is 0 Å². The van der Waals surface area contributed by atoms with Crippen LogP contribution in [0.25, 0.3) is 11.3 Å². The van der Waals surface area contributed by atoms with Crippen LogP contribution in [0.1, 0.15) is 37.6 Å². The van der Waals surface area contributed by atoms with E-state index in [-0.39, 0.29) is 5.78 Å². The lowest BCUT2D eigenvalue weighted by molar-refractivity contribution is 0.0993. The average molecular weight is 433 g/mol. The maximum absolute atomic E-state index is 12.7. The van der Waals surface area contributed by atoms with Crippen LogP contribution in [0.4, 0.5) is 0 Å². The number of thiazole rings is 1. The van der Waals surface area contributed by atoms with E-state index in [1.54, 1.807) is 17.5 Å². The first-order valence-corrected chi connectivity index (χ1v) is 11.1. The molecule has 0 fully saturated rings. The Labute approximate surface area is 185 Å². The number of Topliss-reactive ketones (excluding diaryl/α,β-unsaturated/α-hetero) is 1. The zero-order valence-corrected chi connectivity index (χ0v) is 18.2. The van der Waals surface area contributed by atoms with Gasteiger partial charge in [0.15, 0.2) is 5.78 Å². The summed E-state index contributed by atoms with van der Waals surface area (Å²) in [5, 5.41) is 3.12. The number of carbonyl (C=O) groups excluding carboxylic acids is 1. The Bertz CT molecular complexity index is 1150. The Morgan fingerprint density at radius 2 is 1.87 bits per heavy atom. The van der Waals surface area contributed by atoms with Crippen molar-refractivity contribution in [3.8, 4) is 11.3 Å². The lowest BCUT2D eigenvalue weighted by atomic mass is 9.97. The van der Waals surface area contributed by atoms with Crippen molar-refractivity contribution in [2.45, 2.75) is 25.6 Å². The first-order chi connectivity index (χ1) is 14.6. The smallest absolute Gasteiger partial charge is 0.167 e. The molecule has 0 aliphatic carbocycles. The van der Waals surface area contributed by atoms with E-state index < -0.39 is 0 Å². The Balaban J connectivity index is 1.49. The zero-order chi connectivity index (χ0) is 20.9. The summed E-state index contributed by atoms with van der Waals surface area (Å²) in [5.74, 6) is 0.564. The molecule has 0 amide bonds. The van der Waals surface area contributed by atoms with Crippen LogP contribution in [0.3, 0.4) is 0 Å². The Kier molecular flexibility index (Phi) is 6.36. The van der Waals surface area contributed by atoms with E-state index in [2.05, 4.69) is 29.4 Å². The summed E-state index contributed by atoms with van der Waals surface area (Å²) in [6.07, 6.45) is 4.73. The third-order valence-electron chi connectivity index (χ3n) is 5.06. The number of aromatic nitrogens is 2. The third kappa shape index (κ3) is 4.84. The lowest BCUT2D eigenvalue weighted by Gasteiger charge is -2.08. The number of benzene rings is 2. The molecule has 0 bridgehead atoms. The predicted molar refractivity (Wildman–Crippen MR) is 123 cm³/mol. The van der Waals surface area contributed by atoms with Gasteiger partial charge in [-0.2, -0.15) is 0 Å². The normalized spacial score (nSPS) is 10.9. The summed E-state index contributed by atoms with van der Waals surface area (Å²) in [7, 11) is 0. The van der Waals surface area contributed by atoms with E-state index in [0.29, 0.717) is 17.9 Å². The average Bonchev–Trinajstić information content (AvgIpc) is 3.25. The number of rotatable bonds is 7. The molecule has 4 rings (SSSR count). The number of aryl methyl sites for hydroxylation is 1. The van der Waals surface area contributed by atoms with Crippen molar-refractivity contribution in [3.05, 3.63) is 105 Å². The van der Waals surface area contributed by atoms with Crippen molar-refractivity contribution in [1.29, 1.82) is 0 Å². The van der Waals surface area contributed by atoms with Crippen LogP contribution in [0, 0.1) is 6.92 Å². The van der Waals surface area contributed by atoms with Crippen LogP contribution in [0.2, 0.25) is 0 Å². The minimum Gasteiger partial charge on any atom is -0.294 e. The monoisotopic (exact) mass is 432 g/mol. The predicted octanol–water partition coefficient (Wildman–Crippen LogP) is 6.27. The van der Waals surface area contributed by atoms with Crippen LogP contribution < -0.4 is 0 Å². The van der Waals surface area contributed by atoms with Gasteiger partial charge in [0.2, 0.25) is 0 Å². The number of hydrogen-bond acceptors (Lipinski definition) is 4. The van der Waals surface area contributed by atoms with Crippen LogP contribution in [0.15, 0.2) is 72.4 Å². The highest BCUT2D eigenvalue weighted by Gasteiger charge is 2.11. The molecule has 5 heteroatoms. The molecule has 30 heavy (non-hydrogen) atoms. The molecule has 0 N–H and O–H groups in total.